The van der Waals surface area contributed by atoms with Crippen LogP contribution in [0.5, 0.6) is 0 Å². The molecule has 0 bridgehead atoms. The van der Waals surface area contributed by atoms with Crippen LogP contribution in [0.1, 0.15) is 32.6 Å². The molecular weight excluding hydrogens is 188 g/mol. The van der Waals surface area contributed by atoms with E-state index in [4.69, 9.17) is 4.74 Å². The second kappa shape index (κ2) is 6.46. The predicted octanol–water partition coefficient (Wildman–Crippen LogP) is 1.49. The maximum Gasteiger partial charge on any atom is 0.0474 e. The number of nitrogens with one attached hydrogen (secondary N) is 1. The summed E-state index contributed by atoms with van der Waals surface area (Å²) in [5, 5.41) is 3.64. The van der Waals surface area contributed by atoms with Crippen LogP contribution in [0.15, 0.2) is 0 Å². The van der Waals surface area contributed by atoms with E-state index in [1.807, 2.05) is 0 Å². The number of hydrogen-bond acceptors (Lipinski definition) is 3. The predicted molar refractivity (Wildman–Crippen MR) is 64.2 cm³/mol. The number of likely N-dealkylation sites (N-methyl/N-ethyl adjacent to an activating group) is 1. The molecule has 90 valence electrons. The second-order valence-electron chi connectivity index (χ2n) is 5.03. The first-order chi connectivity index (χ1) is 7.16. The Morgan fingerprint density at radius 3 is 2.80 bits per heavy atom. The zero-order valence-corrected chi connectivity index (χ0v) is 10.5. The van der Waals surface area contributed by atoms with Crippen molar-refractivity contribution >= 4 is 0 Å². The summed E-state index contributed by atoms with van der Waals surface area (Å²) in [7, 11) is 3.97. The Bertz CT molecular complexity index is 167. The van der Waals surface area contributed by atoms with Crippen molar-refractivity contribution in [2.75, 3.05) is 40.4 Å². The fourth-order valence-corrected chi connectivity index (χ4v) is 2.41. The standard InChI is InChI=1S/C12H26N2O/c1-12(7-4-5-8-13-12)11-14(2)9-6-10-15-3/h13H,4-11H2,1-3H3. The fraction of sp³-hybridized carbons (Fsp3) is 1.00. The van der Waals surface area contributed by atoms with E-state index in [0.29, 0.717) is 5.54 Å². The lowest BCUT2D eigenvalue weighted by molar-refractivity contribution is 0.155. The van der Waals surface area contributed by atoms with Crippen LogP contribution in [0.2, 0.25) is 0 Å². The minimum atomic E-state index is 0.333. The van der Waals surface area contributed by atoms with Gasteiger partial charge < -0.3 is 15.0 Å². The largest absolute Gasteiger partial charge is 0.385 e. The van der Waals surface area contributed by atoms with Gasteiger partial charge in [-0.15, -0.1) is 0 Å². The van der Waals surface area contributed by atoms with Gasteiger partial charge in [-0.3, -0.25) is 0 Å². The van der Waals surface area contributed by atoms with Crippen LogP contribution < -0.4 is 5.32 Å². The van der Waals surface area contributed by atoms with Gasteiger partial charge in [-0.05, 0) is 39.8 Å². The van der Waals surface area contributed by atoms with Gasteiger partial charge in [0.1, 0.15) is 0 Å². The summed E-state index contributed by atoms with van der Waals surface area (Å²) in [6, 6.07) is 0. The van der Waals surface area contributed by atoms with Gasteiger partial charge in [0.2, 0.25) is 0 Å². The third-order valence-electron chi connectivity index (χ3n) is 3.21. The number of ether oxygens (including phenoxy) is 1. The van der Waals surface area contributed by atoms with Gasteiger partial charge >= 0.3 is 0 Å². The SMILES string of the molecule is COCCCN(C)CC1(C)CCCCN1. The van der Waals surface area contributed by atoms with Crippen molar-refractivity contribution in [3.63, 3.8) is 0 Å². The first-order valence-corrected chi connectivity index (χ1v) is 6.09. The topological polar surface area (TPSA) is 24.5 Å². The van der Waals surface area contributed by atoms with E-state index in [0.717, 1.165) is 26.1 Å². The zero-order valence-electron chi connectivity index (χ0n) is 10.5. The van der Waals surface area contributed by atoms with Crippen molar-refractivity contribution in [2.24, 2.45) is 0 Å². The summed E-state index contributed by atoms with van der Waals surface area (Å²) in [6.45, 7) is 6.68. The first-order valence-electron chi connectivity index (χ1n) is 6.09. The molecule has 3 heteroatoms. The van der Waals surface area contributed by atoms with Gasteiger partial charge in [0.25, 0.3) is 0 Å². The quantitative estimate of drug-likeness (QED) is 0.678. The third kappa shape index (κ3) is 4.96. The average Bonchev–Trinajstić information content (AvgIpc) is 2.18. The minimum absolute atomic E-state index is 0.333. The Morgan fingerprint density at radius 1 is 1.40 bits per heavy atom. The van der Waals surface area contributed by atoms with Crippen LogP contribution in [-0.2, 0) is 4.74 Å². The van der Waals surface area contributed by atoms with Crippen LogP contribution >= 0.6 is 0 Å². The lowest BCUT2D eigenvalue weighted by Crippen LogP contribution is -2.53. The Hall–Kier alpha value is -0.120. The first kappa shape index (κ1) is 12.9. The van der Waals surface area contributed by atoms with Crippen LogP contribution in [0.25, 0.3) is 0 Å². The third-order valence-corrected chi connectivity index (χ3v) is 3.21. The smallest absolute Gasteiger partial charge is 0.0474 e. The molecule has 0 aromatic heterocycles. The molecule has 1 heterocycles. The highest BCUT2D eigenvalue weighted by Crippen LogP contribution is 2.19. The molecule has 0 spiro atoms. The van der Waals surface area contributed by atoms with E-state index < -0.39 is 0 Å². The van der Waals surface area contributed by atoms with Crippen molar-refractivity contribution in [3.8, 4) is 0 Å². The number of piperidine rings is 1. The lowest BCUT2D eigenvalue weighted by Gasteiger charge is -2.38. The van der Waals surface area contributed by atoms with E-state index in [-0.39, 0.29) is 0 Å². The Kier molecular flexibility index (Phi) is 5.58. The molecule has 3 nitrogen and oxygen atoms in total. The van der Waals surface area contributed by atoms with Gasteiger partial charge in [-0.25, -0.2) is 0 Å². The Balaban J connectivity index is 2.20. The zero-order chi connectivity index (χ0) is 11.1. The van der Waals surface area contributed by atoms with Crippen LogP contribution in [0, 0.1) is 0 Å². The van der Waals surface area contributed by atoms with Gasteiger partial charge in [0.15, 0.2) is 0 Å². The van der Waals surface area contributed by atoms with Crippen molar-refractivity contribution < 1.29 is 4.74 Å². The molecular formula is C12H26N2O. The summed E-state index contributed by atoms with van der Waals surface area (Å²) in [5.41, 5.74) is 0.333. The summed E-state index contributed by atoms with van der Waals surface area (Å²) in [4.78, 5) is 2.41. The number of hydrogen-bond donors (Lipinski definition) is 1. The van der Waals surface area contributed by atoms with Gasteiger partial charge in [-0.2, -0.15) is 0 Å². The molecule has 1 aliphatic rings. The van der Waals surface area contributed by atoms with E-state index in [2.05, 4.69) is 24.2 Å². The van der Waals surface area contributed by atoms with Crippen LogP contribution in [0.4, 0.5) is 0 Å². The Morgan fingerprint density at radius 2 is 2.20 bits per heavy atom. The number of nitrogens with zero attached hydrogens (tertiary/aromatic N) is 1. The summed E-state index contributed by atoms with van der Waals surface area (Å²) in [5.74, 6) is 0. The van der Waals surface area contributed by atoms with Crippen molar-refractivity contribution in [1.29, 1.82) is 0 Å². The maximum absolute atomic E-state index is 5.07. The van der Waals surface area contributed by atoms with Crippen molar-refractivity contribution in [1.82, 2.24) is 10.2 Å². The highest BCUT2D eigenvalue weighted by Gasteiger charge is 2.27. The highest BCUT2D eigenvalue weighted by molar-refractivity contribution is 4.88. The van der Waals surface area contributed by atoms with Gasteiger partial charge in [0, 0.05) is 32.3 Å². The van der Waals surface area contributed by atoms with E-state index in [1.54, 1.807) is 7.11 Å². The highest BCUT2D eigenvalue weighted by atomic mass is 16.5. The summed E-state index contributed by atoms with van der Waals surface area (Å²) >= 11 is 0. The minimum Gasteiger partial charge on any atom is -0.385 e. The average molecular weight is 214 g/mol. The normalized spacial score (nSPS) is 27.2. The molecule has 1 saturated heterocycles. The molecule has 15 heavy (non-hydrogen) atoms. The van der Waals surface area contributed by atoms with E-state index >= 15 is 0 Å². The van der Waals surface area contributed by atoms with Gasteiger partial charge in [-0.1, -0.05) is 6.42 Å². The molecule has 1 fully saturated rings. The fourth-order valence-electron chi connectivity index (χ4n) is 2.41. The lowest BCUT2D eigenvalue weighted by atomic mass is 9.90. The molecule has 0 aromatic carbocycles. The molecule has 0 amide bonds. The molecule has 0 aromatic rings. The summed E-state index contributed by atoms with van der Waals surface area (Å²) in [6.07, 6.45) is 5.14. The monoisotopic (exact) mass is 214 g/mol. The van der Waals surface area contributed by atoms with E-state index in [1.165, 1.54) is 25.8 Å². The number of methoxy groups -OCH3 is 1. The molecule has 1 rings (SSSR count). The van der Waals surface area contributed by atoms with E-state index in [9.17, 15) is 0 Å². The molecule has 0 radical (unpaired) electrons. The molecule has 1 N–H and O–H groups in total. The second-order valence-corrected chi connectivity index (χ2v) is 5.03. The van der Waals surface area contributed by atoms with Gasteiger partial charge in [0.05, 0.1) is 0 Å². The maximum atomic E-state index is 5.07. The van der Waals surface area contributed by atoms with Crippen LogP contribution in [-0.4, -0.2) is 50.8 Å². The Labute approximate surface area is 94.2 Å². The molecule has 1 unspecified atom stereocenters. The molecule has 0 saturated carbocycles. The number of rotatable bonds is 6. The molecule has 1 aliphatic heterocycles. The van der Waals surface area contributed by atoms with Crippen molar-refractivity contribution in [3.05, 3.63) is 0 Å². The van der Waals surface area contributed by atoms with Crippen LogP contribution in [0.3, 0.4) is 0 Å². The molecule has 0 aliphatic carbocycles. The van der Waals surface area contributed by atoms with Crippen molar-refractivity contribution in [2.45, 2.75) is 38.1 Å². The molecule has 1 atom stereocenters. The summed E-state index contributed by atoms with van der Waals surface area (Å²) < 4.78 is 5.07.